The Morgan fingerprint density at radius 3 is 1.29 bits per heavy atom. The molecule has 0 spiro atoms. The molecule has 0 N–H and O–H groups in total. The van der Waals surface area contributed by atoms with Gasteiger partial charge in [-0.3, -0.25) is 0 Å². The highest BCUT2D eigenvalue weighted by Crippen LogP contribution is 2.48. The van der Waals surface area contributed by atoms with Gasteiger partial charge in [-0.2, -0.15) is 0 Å². The lowest BCUT2D eigenvalue weighted by molar-refractivity contribution is 1.18. The maximum Gasteiger partial charge on any atom is 0.160 e. The van der Waals surface area contributed by atoms with Crippen molar-refractivity contribution in [1.29, 1.82) is 0 Å². The second kappa shape index (κ2) is 16.5. The number of hydrogen-bond acceptors (Lipinski definition) is 2. The Morgan fingerprint density at radius 1 is 0.221 bits per heavy atom. The van der Waals surface area contributed by atoms with Crippen molar-refractivity contribution < 1.29 is 0 Å². The third-order valence-corrected chi connectivity index (χ3v) is 13.7. The zero-order chi connectivity index (χ0) is 45.0. The van der Waals surface area contributed by atoms with Gasteiger partial charge >= 0.3 is 0 Å². The van der Waals surface area contributed by atoms with E-state index in [0.717, 1.165) is 33.6 Å². The SMILES string of the molecule is c1ccc(-c2nc(-c3ccc(-c4cccc5ccccc45)cc3)cc(-c3ccc(-c4ccc(-c5c6ccccc6c(-c6ccccc6)c6c5ccc5ccccc56)c5ccccc45)cc3)n2)cc1. The summed E-state index contributed by atoms with van der Waals surface area (Å²) in [5.41, 5.74) is 14.5. The molecule has 1 heterocycles. The number of benzene rings is 12. The Hall–Kier alpha value is -8.98. The molecule has 13 rings (SSSR count). The first-order chi connectivity index (χ1) is 33.7. The van der Waals surface area contributed by atoms with Gasteiger partial charge in [0.1, 0.15) is 0 Å². The summed E-state index contributed by atoms with van der Waals surface area (Å²) >= 11 is 0. The lowest BCUT2D eigenvalue weighted by atomic mass is 9.82. The second-order valence-corrected chi connectivity index (χ2v) is 17.6. The van der Waals surface area contributed by atoms with Crippen molar-refractivity contribution in [2.24, 2.45) is 0 Å². The van der Waals surface area contributed by atoms with Gasteiger partial charge in [0.25, 0.3) is 0 Å². The van der Waals surface area contributed by atoms with E-state index in [4.69, 9.17) is 9.97 Å². The normalized spacial score (nSPS) is 11.5. The molecule has 13 aromatic rings. The van der Waals surface area contributed by atoms with Crippen LogP contribution in [0.4, 0.5) is 0 Å². The summed E-state index contributed by atoms with van der Waals surface area (Å²) in [7, 11) is 0. The van der Waals surface area contributed by atoms with E-state index in [9.17, 15) is 0 Å². The minimum absolute atomic E-state index is 0.701. The van der Waals surface area contributed by atoms with Gasteiger partial charge in [0.15, 0.2) is 5.82 Å². The van der Waals surface area contributed by atoms with Crippen molar-refractivity contribution in [2.45, 2.75) is 0 Å². The van der Waals surface area contributed by atoms with Crippen molar-refractivity contribution in [3.05, 3.63) is 255 Å². The number of rotatable bonds is 7. The Bertz CT molecular complexity index is 4040. The van der Waals surface area contributed by atoms with Crippen LogP contribution in [0.15, 0.2) is 255 Å². The minimum Gasteiger partial charge on any atom is -0.228 e. The molecule has 0 bridgehead atoms. The van der Waals surface area contributed by atoms with Crippen LogP contribution in [0.3, 0.4) is 0 Å². The molecule has 2 nitrogen and oxygen atoms in total. The predicted molar refractivity (Wildman–Crippen MR) is 288 cm³/mol. The molecule has 0 atom stereocenters. The first-order valence-electron chi connectivity index (χ1n) is 23.3. The van der Waals surface area contributed by atoms with Crippen LogP contribution in [0, 0.1) is 0 Å². The summed E-state index contributed by atoms with van der Waals surface area (Å²) in [6.45, 7) is 0. The number of aromatic nitrogens is 2. The van der Waals surface area contributed by atoms with Crippen molar-refractivity contribution in [3.63, 3.8) is 0 Å². The molecular weight excluding hydrogens is 821 g/mol. The minimum atomic E-state index is 0.701. The zero-order valence-electron chi connectivity index (χ0n) is 37.1. The molecule has 0 saturated heterocycles. The lowest BCUT2D eigenvalue weighted by Gasteiger charge is -2.21. The van der Waals surface area contributed by atoms with Gasteiger partial charge in [0, 0.05) is 16.7 Å². The number of nitrogens with zero attached hydrogens (tertiary/aromatic N) is 2. The highest BCUT2D eigenvalue weighted by Gasteiger charge is 2.21. The Morgan fingerprint density at radius 2 is 0.662 bits per heavy atom. The molecule has 0 unspecified atom stereocenters. The monoisotopic (exact) mass is 862 g/mol. The largest absolute Gasteiger partial charge is 0.228 e. The van der Waals surface area contributed by atoms with Crippen LogP contribution in [-0.2, 0) is 0 Å². The van der Waals surface area contributed by atoms with Crippen molar-refractivity contribution >= 4 is 53.9 Å². The number of fused-ring (bicyclic) bond motifs is 6. The van der Waals surface area contributed by atoms with Gasteiger partial charge < -0.3 is 0 Å². The molecule has 0 fully saturated rings. The molecule has 0 radical (unpaired) electrons. The summed E-state index contributed by atoms with van der Waals surface area (Å²) in [4.78, 5) is 10.3. The Kier molecular flexibility index (Phi) is 9.54. The van der Waals surface area contributed by atoms with E-state index < -0.39 is 0 Å². The van der Waals surface area contributed by atoms with E-state index in [1.165, 1.54) is 92.8 Å². The maximum absolute atomic E-state index is 5.18. The van der Waals surface area contributed by atoms with Crippen LogP contribution in [0.1, 0.15) is 0 Å². The van der Waals surface area contributed by atoms with Crippen LogP contribution in [0.25, 0.3) is 132 Å². The highest BCUT2D eigenvalue weighted by atomic mass is 14.9. The molecule has 1 aromatic heterocycles. The summed E-state index contributed by atoms with van der Waals surface area (Å²) in [5.74, 6) is 0.701. The van der Waals surface area contributed by atoms with E-state index in [-0.39, 0.29) is 0 Å². The van der Waals surface area contributed by atoms with Gasteiger partial charge in [0.2, 0.25) is 0 Å². The topological polar surface area (TPSA) is 25.8 Å². The summed E-state index contributed by atoms with van der Waals surface area (Å²) in [6.07, 6.45) is 0. The third-order valence-electron chi connectivity index (χ3n) is 13.7. The zero-order valence-corrected chi connectivity index (χ0v) is 37.1. The average molecular weight is 863 g/mol. The van der Waals surface area contributed by atoms with E-state index in [1.807, 2.05) is 18.2 Å². The first kappa shape index (κ1) is 39.4. The molecule has 2 heteroatoms. The third kappa shape index (κ3) is 6.73. The Labute approximate surface area is 395 Å². The molecular formula is C66H42N2. The fourth-order valence-electron chi connectivity index (χ4n) is 10.5. The van der Waals surface area contributed by atoms with Gasteiger partial charge in [-0.1, -0.05) is 249 Å². The van der Waals surface area contributed by atoms with E-state index in [0.29, 0.717) is 5.82 Å². The standard InChI is InChI=1S/C66H42N2/c1-3-18-49(19-4-1)63-57-27-13-14-28-58(57)64(60-39-38-44-17-8-10-24-54(44)65(60)63)59-41-40-53(55-25-11-12-26-56(55)59)46-32-36-48(37-33-46)62-42-61(67-66(68-62)50-20-5-2-6-21-50)47-34-30-45(31-35-47)52-29-15-22-43-16-7-9-23-51(43)52/h1-42H. The quantitative estimate of drug-likeness (QED) is 0.118. The van der Waals surface area contributed by atoms with Gasteiger partial charge in [-0.05, 0) is 104 Å². The van der Waals surface area contributed by atoms with E-state index >= 15 is 0 Å². The molecule has 0 aliphatic rings. The van der Waals surface area contributed by atoms with E-state index in [1.54, 1.807) is 0 Å². The fourth-order valence-corrected chi connectivity index (χ4v) is 10.5. The molecule has 0 aliphatic heterocycles. The second-order valence-electron chi connectivity index (χ2n) is 17.6. The maximum atomic E-state index is 5.18. The van der Waals surface area contributed by atoms with Crippen LogP contribution < -0.4 is 0 Å². The van der Waals surface area contributed by atoms with Crippen LogP contribution >= 0.6 is 0 Å². The highest BCUT2D eigenvalue weighted by molar-refractivity contribution is 6.29. The van der Waals surface area contributed by atoms with Crippen LogP contribution in [0.2, 0.25) is 0 Å². The average Bonchev–Trinajstić information content (AvgIpc) is 3.42. The predicted octanol–water partition coefficient (Wildman–Crippen LogP) is 17.9. The first-order valence-corrected chi connectivity index (χ1v) is 23.3. The molecule has 0 amide bonds. The van der Waals surface area contributed by atoms with Gasteiger partial charge in [-0.25, -0.2) is 9.97 Å². The molecule has 0 saturated carbocycles. The summed E-state index contributed by atoms with van der Waals surface area (Å²) in [5, 5.41) is 12.5. The van der Waals surface area contributed by atoms with Crippen molar-refractivity contribution in [2.75, 3.05) is 0 Å². The number of hydrogen-bond donors (Lipinski definition) is 0. The van der Waals surface area contributed by atoms with Crippen LogP contribution in [-0.4, -0.2) is 9.97 Å². The molecule has 0 aliphatic carbocycles. The van der Waals surface area contributed by atoms with Crippen LogP contribution in [0.5, 0.6) is 0 Å². The van der Waals surface area contributed by atoms with Crippen molar-refractivity contribution in [3.8, 4) is 78.4 Å². The fraction of sp³-hybridized carbons (Fsp3) is 0. The van der Waals surface area contributed by atoms with Gasteiger partial charge in [-0.15, -0.1) is 0 Å². The molecule has 316 valence electrons. The Balaban J connectivity index is 0.920. The van der Waals surface area contributed by atoms with Gasteiger partial charge in [0.05, 0.1) is 11.4 Å². The van der Waals surface area contributed by atoms with E-state index in [2.05, 4.69) is 237 Å². The molecule has 12 aromatic carbocycles. The smallest absolute Gasteiger partial charge is 0.160 e. The summed E-state index contributed by atoms with van der Waals surface area (Å²) < 4.78 is 0. The lowest BCUT2D eigenvalue weighted by Crippen LogP contribution is -1.96. The summed E-state index contributed by atoms with van der Waals surface area (Å²) in [6, 6.07) is 92.0. The molecule has 68 heavy (non-hydrogen) atoms. The van der Waals surface area contributed by atoms with Crippen molar-refractivity contribution in [1.82, 2.24) is 9.97 Å².